The molecule has 15 heavy (non-hydrogen) atoms. The highest BCUT2D eigenvalue weighted by molar-refractivity contribution is 6.17. The van der Waals surface area contributed by atoms with Crippen molar-refractivity contribution in [3.05, 3.63) is 0 Å². The maximum Gasteiger partial charge on any atom is 0.0431 e. The van der Waals surface area contributed by atoms with E-state index in [4.69, 9.17) is 16.7 Å². The number of alkyl halides is 1. The minimum Gasteiger partial charge on any atom is -0.396 e. The molecule has 0 saturated heterocycles. The molecule has 0 aliphatic heterocycles. The third-order valence-corrected chi connectivity index (χ3v) is 2.52. The zero-order valence-electron chi connectivity index (χ0n) is 10.6. The molecule has 0 bridgehead atoms. The van der Waals surface area contributed by atoms with Gasteiger partial charge in [-0.05, 0) is 12.8 Å². The summed E-state index contributed by atoms with van der Waals surface area (Å²) < 4.78 is 0. The number of aliphatic hydroxyl groups excluding tert-OH is 1. The Morgan fingerprint density at radius 1 is 0.733 bits per heavy atom. The van der Waals surface area contributed by atoms with E-state index in [9.17, 15) is 0 Å². The molecular formula is C13H29ClO. The van der Waals surface area contributed by atoms with Crippen molar-refractivity contribution in [3.8, 4) is 0 Å². The number of rotatable bonds is 9. The average molecular weight is 237 g/mol. The number of hydrogen-bond donors (Lipinski definition) is 1. The summed E-state index contributed by atoms with van der Waals surface area (Å²) in [5, 5.41) is 8.42. The van der Waals surface area contributed by atoms with Crippen LogP contribution >= 0.6 is 11.6 Å². The van der Waals surface area contributed by atoms with E-state index in [0.717, 1.165) is 12.3 Å². The van der Waals surface area contributed by atoms with E-state index in [0.29, 0.717) is 6.61 Å². The number of hydrogen-bond acceptors (Lipinski definition) is 1. The van der Waals surface area contributed by atoms with Crippen molar-refractivity contribution >= 4 is 11.6 Å². The van der Waals surface area contributed by atoms with Crippen molar-refractivity contribution in [2.24, 2.45) is 0 Å². The molecule has 0 heterocycles. The normalized spacial score (nSPS) is 9.60. The van der Waals surface area contributed by atoms with E-state index in [1.165, 1.54) is 51.4 Å². The number of aliphatic hydroxyl groups is 1. The van der Waals surface area contributed by atoms with Crippen molar-refractivity contribution in [2.45, 2.75) is 71.6 Å². The monoisotopic (exact) mass is 236 g/mol. The van der Waals surface area contributed by atoms with E-state index in [-0.39, 0.29) is 0 Å². The molecule has 0 radical (unpaired) electrons. The second kappa shape index (κ2) is 19.8. The highest BCUT2D eigenvalue weighted by Crippen LogP contribution is 2.03. The molecule has 0 aromatic heterocycles. The van der Waals surface area contributed by atoms with Gasteiger partial charge < -0.3 is 5.11 Å². The van der Waals surface area contributed by atoms with Crippen LogP contribution in [0.4, 0.5) is 0 Å². The van der Waals surface area contributed by atoms with Crippen LogP contribution in [0.15, 0.2) is 0 Å². The molecule has 0 unspecified atom stereocenters. The van der Waals surface area contributed by atoms with Crippen LogP contribution in [0.2, 0.25) is 0 Å². The molecule has 0 spiro atoms. The summed E-state index contributed by atoms with van der Waals surface area (Å²) in [6, 6.07) is 0. The predicted molar refractivity (Wildman–Crippen MR) is 70.7 cm³/mol. The highest BCUT2D eigenvalue weighted by Gasteiger charge is 1.86. The molecule has 1 N–H and O–H groups in total. The summed E-state index contributed by atoms with van der Waals surface area (Å²) in [4.78, 5) is 0. The van der Waals surface area contributed by atoms with Crippen LogP contribution in [0.3, 0.4) is 0 Å². The van der Waals surface area contributed by atoms with Crippen LogP contribution in [0.5, 0.6) is 0 Å². The van der Waals surface area contributed by atoms with Crippen molar-refractivity contribution in [2.75, 3.05) is 12.5 Å². The molecule has 94 valence electrons. The lowest BCUT2D eigenvalue weighted by atomic mass is 10.1. The van der Waals surface area contributed by atoms with Gasteiger partial charge in [-0.1, -0.05) is 58.8 Å². The van der Waals surface area contributed by atoms with Crippen molar-refractivity contribution in [1.82, 2.24) is 0 Å². The molecule has 0 rings (SSSR count). The Kier molecular flexibility index (Phi) is 23.2. The summed E-state index contributed by atoms with van der Waals surface area (Å²) in [6.45, 7) is 4.75. The third kappa shape index (κ3) is 25.0. The summed E-state index contributed by atoms with van der Waals surface area (Å²) in [6.07, 6.45) is 11.2. The number of unbranched alkanes of at least 4 members (excludes halogenated alkanes) is 7. The topological polar surface area (TPSA) is 20.2 Å². The van der Waals surface area contributed by atoms with Gasteiger partial charge in [-0.15, -0.1) is 11.6 Å². The van der Waals surface area contributed by atoms with Gasteiger partial charge >= 0.3 is 0 Å². The first kappa shape index (κ1) is 17.6. The summed E-state index contributed by atoms with van der Waals surface area (Å²) in [5.74, 6) is 0.827. The van der Waals surface area contributed by atoms with Crippen LogP contribution in [0, 0.1) is 0 Å². The van der Waals surface area contributed by atoms with Gasteiger partial charge in [0.15, 0.2) is 0 Å². The smallest absolute Gasteiger partial charge is 0.0431 e. The Morgan fingerprint density at radius 2 is 1.20 bits per heavy atom. The van der Waals surface area contributed by atoms with Gasteiger partial charge in [0, 0.05) is 12.5 Å². The van der Waals surface area contributed by atoms with Gasteiger partial charge in [-0.25, -0.2) is 0 Å². The Morgan fingerprint density at radius 3 is 1.60 bits per heavy atom. The van der Waals surface area contributed by atoms with E-state index in [1.54, 1.807) is 0 Å². The lowest BCUT2D eigenvalue weighted by Gasteiger charge is -1.95. The first-order valence-corrected chi connectivity index (χ1v) is 7.03. The van der Waals surface area contributed by atoms with Gasteiger partial charge in [-0.2, -0.15) is 0 Å². The third-order valence-electron chi connectivity index (χ3n) is 2.25. The molecule has 2 heteroatoms. The lowest BCUT2D eigenvalue weighted by Crippen LogP contribution is -1.82. The molecule has 0 saturated carbocycles. The predicted octanol–water partition coefficient (Wildman–Crippen LogP) is 4.75. The van der Waals surface area contributed by atoms with Crippen molar-refractivity contribution < 1.29 is 5.11 Å². The Bertz CT molecular complexity index is 76.6. The Balaban J connectivity index is 0. The van der Waals surface area contributed by atoms with Crippen LogP contribution in [-0.2, 0) is 0 Å². The SMILES string of the molecule is CCCCCCCCO.CCCCCCl. The van der Waals surface area contributed by atoms with Gasteiger partial charge in [0.1, 0.15) is 0 Å². The lowest BCUT2D eigenvalue weighted by molar-refractivity contribution is 0.282. The van der Waals surface area contributed by atoms with Gasteiger partial charge in [0.2, 0.25) is 0 Å². The molecule has 0 aliphatic carbocycles. The maximum absolute atomic E-state index is 8.42. The Hall–Kier alpha value is 0.250. The van der Waals surface area contributed by atoms with Crippen molar-refractivity contribution in [1.29, 1.82) is 0 Å². The fraction of sp³-hybridized carbons (Fsp3) is 1.00. The minimum atomic E-state index is 0.367. The quantitative estimate of drug-likeness (QED) is 0.452. The molecule has 1 nitrogen and oxygen atoms in total. The standard InChI is InChI=1S/C8H18O.C5H11Cl/c1-2-3-4-5-6-7-8-9;1-2-3-4-5-6/h9H,2-8H2,1H3;2-5H2,1H3. The zero-order chi connectivity index (χ0) is 11.8. The molecule has 0 fully saturated rings. The second-order valence-electron chi connectivity index (χ2n) is 3.89. The summed E-state index contributed by atoms with van der Waals surface area (Å²) >= 11 is 5.38. The molecule has 0 aromatic rings. The Labute approximate surface area is 101 Å². The van der Waals surface area contributed by atoms with Crippen LogP contribution in [-0.4, -0.2) is 17.6 Å². The van der Waals surface area contributed by atoms with E-state index >= 15 is 0 Å². The van der Waals surface area contributed by atoms with E-state index in [2.05, 4.69) is 13.8 Å². The molecule has 0 atom stereocenters. The number of halogens is 1. The van der Waals surface area contributed by atoms with Crippen LogP contribution in [0.1, 0.15) is 71.6 Å². The minimum absolute atomic E-state index is 0.367. The first-order chi connectivity index (χ1) is 7.33. The fourth-order valence-electron chi connectivity index (χ4n) is 1.24. The zero-order valence-corrected chi connectivity index (χ0v) is 11.4. The van der Waals surface area contributed by atoms with Gasteiger partial charge in [0.05, 0.1) is 0 Å². The van der Waals surface area contributed by atoms with Crippen LogP contribution < -0.4 is 0 Å². The first-order valence-electron chi connectivity index (χ1n) is 6.50. The molecule has 0 aliphatic rings. The summed E-state index contributed by atoms with van der Waals surface area (Å²) in [5.41, 5.74) is 0. The highest BCUT2D eigenvalue weighted by atomic mass is 35.5. The van der Waals surface area contributed by atoms with Crippen molar-refractivity contribution in [3.63, 3.8) is 0 Å². The van der Waals surface area contributed by atoms with Gasteiger partial charge in [-0.3, -0.25) is 0 Å². The average Bonchev–Trinajstić information content (AvgIpc) is 2.27. The largest absolute Gasteiger partial charge is 0.396 e. The van der Waals surface area contributed by atoms with Gasteiger partial charge in [0.25, 0.3) is 0 Å². The second-order valence-corrected chi connectivity index (χ2v) is 4.27. The van der Waals surface area contributed by atoms with E-state index < -0.39 is 0 Å². The summed E-state index contributed by atoms with van der Waals surface area (Å²) in [7, 11) is 0. The van der Waals surface area contributed by atoms with E-state index in [1.807, 2.05) is 0 Å². The molecule has 0 amide bonds. The maximum atomic E-state index is 8.42. The molecular weight excluding hydrogens is 208 g/mol. The fourth-order valence-corrected chi connectivity index (χ4v) is 1.43. The van der Waals surface area contributed by atoms with Crippen LogP contribution in [0.25, 0.3) is 0 Å². The molecule has 0 aromatic carbocycles.